The van der Waals surface area contributed by atoms with Crippen LogP contribution in [0.3, 0.4) is 0 Å². The second-order valence-corrected chi connectivity index (χ2v) is 10.6. The van der Waals surface area contributed by atoms with Crippen molar-refractivity contribution in [3.63, 3.8) is 0 Å². The van der Waals surface area contributed by atoms with E-state index in [0.29, 0.717) is 6.10 Å². The average Bonchev–Trinajstić information content (AvgIpc) is 3.14. The molecule has 0 amide bonds. The van der Waals surface area contributed by atoms with Crippen LogP contribution < -0.4 is 0 Å². The van der Waals surface area contributed by atoms with Crippen molar-refractivity contribution in [2.45, 2.75) is 89.8 Å². The van der Waals surface area contributed by atoms with Crippen molar-refractivity contribution in [2.75, 3.05) is 19.3 Å². The lowest BCUT2D eigenvalue weighted by atomic mass is 10.0. The number of likely N-dealkylation sites (tertiary alicyclic amines) is 1. The third kappa shape index (κ3) is 4.15. The van der Waals surface area contributed by atoms with Crippen LogP contribution in [0.25, 0.3) is 0 Å². The third-order valence-corrected chi connectivity index (χ3v) is 8.19. The van der Waals surface area contributed by atoms with Crippen molar-refractivity contribution in [1.82, 2.24) is 19.0 Å². The number of piperidine rings is 2. The first-order chi connectivity index (χ1) is 13.3. The maximum Gasteiger partial charge on any atom is 0.211 e. The minimum atomic E-state index is -3.09. The molecule has 158 valence electrons. The highest BCUT2D eigenvalue weighted by molar-refractivity contribution is 7.88. The Morgan fingerprint density at radius 3 is 2.29 bits per heavy atom. The molecule has 1 unspecified atom stereocenters. The molecule has 0 saturated carbocycles. The number of nitrogens with zero attached hydrogens (tertiary/aromatic N) is 4. The van der Waals surface area contributed by atoms with Crippen LogP contribution in [0.1, 0.15) is 56.7 Å². The van der Waals surface area contributed by atoms with Gasteiger partial charge in [-0.3, -0.25) is 9.58 Å². The van der Waals surface area contributed by atoms with Crippen LogP contribution in [-0.4, -0.2) is 71.0 Å². The second kappa shape index (κ2) is 8.05. The number of aryl methyl sites for hydroxylation is 1. The molecule has 4 rings (SSSR count). The fourth-order valence-corrected chi connectivity index (χ4v) is 6.88. The van der Waals surface area contributed by atoms with E-state index < -0.39 is 10.0 Å². The van der Waals surface area contributed by atoms with Crippen molar-refractivity contribution in [1.29, 1.82) is 0 Å². The normalized spacial score (nSPS) is 30.2. The zero-order valence-electron chi connectivity index (χ0n) is 17.4. The number of aromatic nitrogens is 2. The van der Waals surface area contributed by atoms with Crippen LogP contribution in [0.2, 0.25) is 0 Å². The van der Waals surface area contributed by atoms with Gasteiger partial charge in [-0.15, -0.1) is 0 Å². The van der Waals surface area contributed by atoms with E-state index in [4.69, 9.17) is 4.74 Å². The van der Waals surface area contributed by atoms with Gasteiger partial charge in [0.1, 0.15) is 0 Å². The molecule has 7 nitrogen and oxygen atoms in total. The highest BCUT2D eigenvalue weighted by Crippen LogP contribution is 2.39. The lowest BCUT2D eigenvalue weighted by molar-refractivity contribution is -0.0696. The summed E-state index contributed by atoms with van der Waals surface area (Å²) in [6.07, 6.45) is 9.70. The molecule has 0 radical (unpaired) electrons. The second-order valence-electron chi connectivity index (χ2n) is 8.75. The van der Waals surface area contributed by atoms with Gasteiger partial charge < -0.3 is 4.74 Å². The molecule has 3 aliphatic rings. The molecule has 28 heavy (non-hydrogen) atoms. The van der Waals surface area contributed by atoms with Crippen LogP contribution in [0, 0.1) is 6.92 Å². The van der Waals surface area contributed by atoms with Crippen molar-refractivity contribution in [3.05, 3.63) is 17.5 Å². The fourth-order valence-electron chi connectivity index (χ4n) is 5.41. The van der Waals surface area contributed by atoms with Gasteiger partial charge in [-0.25, -0.2) is 8.42 Å². The quantitative estimate of drug-likeness (QED) is 0.719. The van der Waals surface area contributed by atoms with Crippen molar-refractivity contribution in [2.24, 2.45) is 0 Å². The van der Waals surface area contributed by atoms with Crippen molar-refractivity contribution < 1.29 is 13.2 Å². The Balaban J connectivity index is 1.26. The standard InChI is InChI=1S/C20H34N4O3S/c1-4-23-15(2)16(13-21-23)14-22-9-7-19(8-10-22)27-20-11-17-5-6-18(12-20)24(17)28(3,25)26/h13,17-20H,4-12,14H2,1-3H3/t17-,18+,20?. The van der Waals surface area contributed by atoms with Crippen LogP contribution in [0.15, 0.2) is 6.20 Å². The summed E-state index contributed by atoms with van der Waals surface area (Å²) in [4.78, 5) is 2.50. The Bertz CT molecular complexity index is 771. The minimum Gasteiger partial charge on any atom is -0.375 e. The van der Waals surface area contributed by atoms with E-state index in [1.807, 2.05) is 6.20 Å². The molecule has 4 heterocycles. The van der Waals surface area contributed by atoms with Gasteiger partial charge in [0.25, 0.3) is 0 Å². The molecular formula is C20H34N4O3S. The minimum absolute atomic E-state index is 0.150. The van der Waals surface area contributed by atoms with Crippen LogP contribution >= 0.6 is 0 Å². The maximum atomic E-state index is 12.0. The summed E-state index contributed by atoms with van der Waals surface area (Å²) < 4.78 is 34.4. The maximum absolute atomic E-state index is 12.0. The van der Waals surface area contributed by atoms with Gasteiger partial charge in [0.05, 0.1) is 24.7 Å². The lowest BCUT2D eigenvalue weighted by Crippen LogP contribution is -2.49. The van der Waals surface area contributed by atoms with Gasteiger partial charge in [-0.2, -0.15) is 9.40 Å². The average molecular weight is 411 g/mol. The summed E-state index contributed by atoms with van der Waals surface area (Å²) in [5, 5.41) is 4.45. The van der Waals surface area contributed by atoms with E-state index in [9.17, 15) is 8.42 Å². The molecule has 0 aromatic carbocycles. The van der Waals surface area contributed by atoms with E-state index in [0.717, 1.165) is 64.7 Å². The van der Waals surface area contributed by atoms with Gasteiger partial charge in [0.15, 0.2) is 0 Å². The fraction of sp³-hybridized carbons (Fsp3) is 0.850. The summed E-state index contributed by atoms with van der Waals surface area (Å²) >= 11 is 0. The Morgan fingerprint density at radius 1 is 1.11 bits per heavy atom. The first-order valence-corrected chi connectivity index (χ1v) is 12.6. The molecule has 3 aliphatic heterocycles. The van der Waals surface area contributed by atoms with Gasteiger partial charge >= 0.3 is 0 Å². The Morgan fingerprint density at radius 2 is 1.75 bits per heavy atom. The molecule has 1 aromatic heterocycles. The Hall–Kier alpha value is -0.960. The number of rotatable bonds is 6. The number of fused-ring (bicyclic) bond motifs is 2. The summed E-state index contributed by atoms with van der Waals surface area (Å²) in [6, 6.07) is 0.300. The molecule has 0 spiro atoms. The van der Waals surface area contributed by atoms with Gasteiger partial charge in [-0.05, 0) is 52.4 Å². The highest BCUT2D eigenvalue weighted by Gasteiger charge is 2.46. The third-order valence-electron chi connectivity index (χ3n) is 6.82. The summed E-state index contributed by atoms with van der Waals surface area (Å²) in [6.45, 7) is 8.27. The van der Waals surface area contributed by atoms with Crippen molar-refractivity contribution >= 4 is 10.0 Å². The molecule has 1 aromatic rings. The van der Waals surface area contributed by atoms with Crippen LogP contribution in [-0.2, 0) is 27.8 Å². The molecule has 3 atom stereocenters. The zero-order valence-corrected chi connectivity index (χ0v) is 18.2. The topological polar surface area (TPSA) is 67.7 Å². The SMILES string of the molecule is CCn1ncc(CN2CCC(OC3C[C@H]4CC[C@@H](C3)N4S(C)(=O)=O)CC2)c1C. The number of ether oxygens (including phenoxy) is 1. The van der Waals surface area contributed by atoms with Crippen LogP contribution in [0.4, 0.5) is 0 Å². The number of hydrogen-bond donors (Lipinski definition) is 0. The predicted molar refractivity (Wildman–Crippen MR) is 109 cm³/mol. The van der Waals surface area contributed by atoms with E-state index in [1.165, 1.54) is 17.5 Å². The molecule has 2 bridgehead atoms. The zero-order chi connectivity index (χ0) is 19.9. The van der Waals surface area contributed by atoms with E-state index in [1.54, 1.807) is 4.31 Å². The van der Waals surface area contributed by atoms with E-state index in [2.05, 4.69) is 28.5 Å². The largest absolute Gasteiger partial charge is 0.375 e. The smallest absolute Gasteiger partial charge is 0.211 e. The first kappa shape index (κ1) is 20.3. The van der Waals surface area contributed by atoms with E-state index >= 15 is 0 Å². The summed E-state index contributed by atoms with van der Waals surface area (Å²) in [5.74, 6) is 0. The Labute approximate surface area is 169 Å². The first-order valence-electron chi connectivity index (χ1n) is 10.7. The van der Waals surface area contributed by atoms with Crippen molar-refractivity contribution in [3.8, 4) is 0 Å². The highest BCUT2D eigenvalue weighted by atomic mass is 32.2. The number of sulfonamides is 1. The number of hydrogen-bond acceptors (Lipinski definition) is 5. The molecular weight excluding hydrogens is 376 g/mol. The predicted octanol–water partition coefficient (Wildman–Crippen LogP) is 2.15. The lowest BCUT2D eigenvalue weighted by Gasteiger charge is -2.40. The van der Waals surface area contributed by atoms with Gasteiger partial charge in [0.2, 0.25) is 10.0 Å². The molecule has 8 heteroatoms. The summed E-state index contributed by atoms with van der Waals surface area (Å²) in [7, 11) is -3.09. The van der Waals surface area contributed by atoms with E-state index in [-0.39, 0.29) is 18.2 Å². The molecule has 0 N–H and O–H groups in total. The van der Waals surface area contributed by atoms with Gasteiger partial charge in [0, 0.05) is 49.5 Å². The molecule has 0 aliphatic carbocycles. The monoisotopic (exact) mass is 410 g/mol. The molecule has 3 saturated heterocycles. The summed E-state index contributed by atoms with van der Waals surface area (Å²) in [5.41, 5.74) is 2.60. The van der Waals surface area contributed by atoms with Crippen LogP contribution in [0.5, 0.6) is 0 Å². The Kier molecular flexibility index (Phi) is 5.84. The van der Waals surface area contributed by atoms with Gasteiger partial charge in [-0.1, -0.05) is 0 Å². The molecule has 3 fully saturated rings.